The minimum absolute atomic E-state index is 0.0694. The second kappa shape index (κ2) is 10.8. The van der Waals surface area contributed by atoms with E-state index in [1.54, 1.807) is 13.0 Å². The smallest absolute Gasteiger partial charge is 0.332 e. The molecule has 12 heteroatoms. The number of aliphatic hydroxyl groups excluding tert-OH is 1. The zero-order valence-electron chi connectivity index (χ0n) is 19.8. The highest BCUT2D eigenvalue weighted by atomic mass is 35.5. The molecule has 36 heavy (non-hydrogen) atoms. The Hall–Kier alpha value is -3.83. The molecule has 0 amide bonds. The van der Waals surface area contributed by atoms with E-state index < -0.39 is 11.5 Å². The average molecular weight is 519 g/mol. The zero-order valence-corrected chi connectivity index (χ0v) is 20.6. The predicted molar refractivity (Wildman–Crippen MR) is 130 cm³/mol. The summed E-state index contributed by atoms with van der Waals surface area (Å²) in [4.78, 5) is 24.2. The number of H-pyrrole nitrogens is 1. The van der Waals surface area contributed by atoms with Crippen LogP contribution >= 0.6 is 11.6 Å². The number of ether oxygens (including phenoxy) is 4. The van der Waals surface area contributed by atoms with E-state index in [0.29, 0.717) is 23.5 Å². The molecule has 4 aromatic rings. The summed E-state index contributed by atoms with van der Waals surface area (Å²) in [5.74, 6) is 0.852. The Morgan fingerprint density at radius 1 is 1.11 bits per heavy atom. The van der Waals surface area contributed by atoms with Crippen LogP contribution in [0.3, 0.4) is 0 Å². The highest BCUT2D eigenvalue weighted by molar-refractivity contribution is 6.32. The zero-order chi connectivity index (χ0) is 25.8. The van der Waals surface area contributed by atoms with Crippen LogP contribution in [0.4, 0.5) is 4.39 Å². The summed E-state index contributed by atoms with van der Waals surface area (Å²) in [5.41, 5.74) is 0.474. The molecular formula is C24H24ClFN4O6. The quantitative estimate of drug-likeness (QED) is 0.306. The molecular weight excluding hydrogens is 495 g/mol. The Balaban J connectivity index is 1.82. The summed E-state index contributed by atoms with van der Waals surface area (Å²) in [6.07, 6.45) is 0.373. The fourth-order valence-electron chi connectivity index (χ4n) is 3.62. The Morgan fingerprint density at radius 3 is 2.61 bits per heavy atom. The van der Waals surface area contributed by atoms with Crippen molar-refractivity contribution in [3.05, 3.63) is 63.0 Å². The van der Waals surface area contributed by atoms with Gasteiger partial charge in [-0.15, -0.1) is 0 Å². The van der Waals surface area contributed by atoms with Gasteiger partial charge in [-0.1, -0.05) is 17.7 Å². The van der Waals surface area contributed by atoms with Gasteiger partial charge in [0.25, 0.3) is 0 Å². The molecule has 0 saturated heterocycles. The van der Waals surface area contributed by atoms with Gasteiger partial charge >= 0.3 is 5.69 Å². The maximum atomic E-state index is 14.5. The Labute approximate surface area is 210 Å². The number of aryl methyl sites for hydroxylation is 1. The van der Waals surface area contributed by atoms with Gasteiger partial charge in [0.05, 0.1) is 37.1 Å². The van der Waals surface area contributed by atoms with Crippen LogP contribution in [0.1, 0.15) is 17.8 Å². The molecule has 190 valence electrons. The van der Waals surface area contributed by atoms with Crippen molar-refractivity contribution >= 4 is 22.8 Å². The molecule has 0 aliphatic heterocycles. The van der Waals surface area contributed by atoms with Gasteiger partial charge < -0.3 is 24.1 Å². The van der Waals surface area contributed by atoms with Crippen LogP contribution < -0.4 is 24.6 Å². The van der Waals surface area contributed by atoms with E-state index in [1.807, 2.05) is 0 Å². The topological polar surface area (TPSA) is 121 Å². The molecule has 0 fully saturated rings. The molecule has 4 rings (SSSR count). The fourth-order valence-corrected chi connectivity index (χ4v) is 3.86. The van der Waals surface area contributed by atoms with E-state index >= 15 is 0 Å². The third-order valence-electron chi connectivity index (χ3n) is 5.29. The molecule has 2 heterocycles. The number of imidazole rings is 1. The molecule has 0 aliphatic carbocycles. The molecule has 2 N–H and O–H groups in total. The number of aromatic nitrogens is 4. The standard InChI is InChI=1S/C24H24ClFN4O6/c1-13-27-22-21(23(28-13)34-3)29-24(32)30(22)17-11-20(19(10-15(17)25)35-9-5-8-31)36-12-14-16(26)6-4-7-18(14)33-2/h4,6-7,10-11,31H,5,8-9,12H2,1-3H3,(H,29,32). The SMILES string of the molecule is COc1cccc(F)c1COc1cc(-n2c(=O)[nH]c3c(OC)nc(C)nc32)c(Cl)cc1OCCCO. The van der Waals surface area contributed by atoms with Crippen molar-refractivity contribution in [1.29, 1.82) is 0 Å². The first-order chi connectivity index (χ1) is 17.4. The second-order valence-electron chi connectivity index (χ2n) is 7.63. The molecule has 0 radical (unpaired) electrons. The van der Waals surface area contributed by atoms with Crippen LogP contribution in [0.15, 0.2) is 35.1 Å². The van der Waals surface area contributed by atoms with Gasteiger partial charge in [0.15, 0.2) is 17.1 Å². The molecule has 0 spiro atoms. The van der Waals surface area contributed by atoms with E-state index in [-0.39, 0.29) is 59.1 Å². The molecule has 0 saturated carbocycles. The van der Waals surface area contributed by atoms with Gasteiger partial charge in [-0.3, -0.25) is 4.98 Å². The molecule has 10 nitrogen and oxygen atoms in total. The van der Waals surface area contributed by atoms with Gasteiger partial charge in [0, 0.05) is 25.2 Å². The van der Waals surface area contributed by atoms with Gasteiger partial charge in [-0.2, -0.15) is 4.98 Å². The first kappa shape index (κ1) is 25.3. The number of halogens is 2. The third kappa shape index (κ3) is 4.93. The van der Waals surface area contributed by atoms with Crippen LogP contribution in [-0.4, -0.2) is 52.1 Å². The van der Waals surface area contributed by atoms with Crippen LogP contribution in [0.2, 0.25) is 5.02 Å². The number of benzene rings is 2. The Kier molecular flexibility index (Phi) is 7.61. The number of aromatic amines is 1. The highest BCUT2D eigenvalue weighted by Gasteiger charge is 2.21. The lowest BCUT2D eigenvalue weighted by Crippen LogP contribution is -2.16. The minimum Gasteiger partial charge on any atom is -0.496 e. The number of hydrogen-bond acceptors (Lipinski definition) is 8. The number of nitrogens with one attached hydrogen (secondary N) is 1. The largest absolute Gasteiger partial charge is 0.496 e. The number of methoxy groups -OCH3 is 2. The molecule has 0 unspecified atom stereocenters. The Bertz CT molecular complexity index is 1460. The van der Waals surface area contributed by atoms with Crippen LogP contribution in [-0.2, 0) is 6.61 Å². The first-order valence-electron chi connectivity index (χ1n) is 10.9. The monoisotopic (exact) mass is 518 g/mol. The summed E-state index contributed by atoms with van der Waals surface area (Å²) >= 11 is 6.57. The number of hydrogen-bond donors (Lipinski definition) is 2. The van der Waals surface area contributed by atoms with Gasteiger partial charge in [-0.25, -0.2) is 18.7 Å². The van der Waals surface area contributed by atoms with Crippen LogP contribution in [0.5, 0.6) is 23.1 Å². The summed E-state index contributed by atoms with van der Waals surface area (Å²) in [6, 6.07) is 7.44. The van der Waals surface area contributed by atoms with E-state index in [4.69, 9.17) is 35.7 Å². The third-order valence-corrected chi connectivity index (χ3v) is 5.59. The highest BCUT2D eigenvalue weighted by Crippen LogP contribution is 2.37. The summed E-state index contributed by atoms with van der Waals surface area (Å²) in [6.45, 7) is 1.59. The Morgan fingerprint density at radius 2 is 1.89 bits per heavy atom. The van der Waals surface area contributed by atoms with Crippen molar-refractivity contribution in [2.75, 3.05) is 27.4 Å². The number of rotatable bonds is 10. The predicted octanol–water partition coefficient (Wildman–Crippen LogP) is 3.57. The average Bonchev–Trinajstić information content (AvgIpc) is 3.18. The van der Waals surface area contributed by atoms with Crippen LogP contribution in [0, 0.1) is 12.7 Å². The van der Waals surface area contributed by atoms with E-state index in [0.717, 1.165) is 0 Å². The lowest BCUT2D eigenvalue weighted by atomic mass is 10.2. The van der Waals surface area contributed by atoms with Gasteiger partial charge in [0.1, 0.15) is 29.5 Å². The van der Waals surface area contributed by atoms with Gasteiger partial charge in [-0.05, 0) is 19.1 Å². The first-order valence-corrected chi connectivity index (χ1v) is 11.3. The summed E-state index contributed by atoms with van der Waals surface area (Å²) < 4.78 is 38.0. The normalized spacial score (nSPS) is 11.1. The number of nitrogens with zero attached hydrogens (tertiary/aromatic N) is 3. The van der Waals surface area contributed by atoms with Crippen molar-refractivity contribution < 1.29 is 28.4 Å². The van der Waals surface area contributed by atoms with Crippen LogP contribution in [0.25, 0.3) is 16.9 Å². The molecule has 0 atom stereocenters. The molecule has 2 aromatic carbocycles. The van der Waals surface area contributed by atoms with E-state index in [9.17, 15) is 9.18 Å². The lowest BCUT2D eigenvalue weighted by molar-refractivity contribution is 0.220. The van der Waals surface area contributed by atoms with Gasteiger partial charge in [0.2, 0.25) is 5.88 Å². The van der Waals surface area contributed by atoms with Crippen molar-refractivity contribution in [2.45, 2.75) is 20.0 Å². The second-order valence-corrected chi connectivity index (χ2v) is 8.04. The van der Waals surface area contributed by atoms with Crippen molar-refractivity contribution in [2.24, 2.45) is 0 Å². The number of aliphatic hydroxyl groups is 1. The molecule has 2 aromatic heterocycles. The van der Waals surface area contributed by atoms with Crippen molar-refractivity contribution in [1.82, 2.24) is 19.5 Å². The van der Waals surface area contributed by atoms with E-state index in [1.165, 1.54) is 43.1 Å². The maximum Gasteiger partial charge on any atom is 0.332 e. The van der Waals surface area contributed by atoms with E-state index in [2.05, 4.69) is 15.0 Å². The summed E-state index contributed by atoms with van der Waals surface area (Å²) in [7, 11) is 2.87. The molecule has 0 bridgehead atoms. The van der Waals surface area contributed by atoms with Crippen molar-refractivity contribution in [3.63, 3.8) is 0 Å². The number of fused-ring (bicyclic) bond motifs is 1. The van der Waals surface area contributed by atoms with Crippen molar-refractivity contribution in [3.8, 4) is 28.8 Å². The maximum absolute atomic E-state index is 14.5. The fraction of sp³-hybridized carbons (Fsp3) is 0.292. The minimum atomic E-state index is -0.527. The summed E-state index contributed by atoms with van der Waals surface area (Å²) in [5, 5.41) is 9.29. The lowest BCUT2D eigenvalue weighted by Gasteiger charge is -2.17. The molecule has 0 aliphatic rings.